The number of hydrogen-bond donors (Lipinski definition) is 2. The van der Waals surface area contributed by atoms with Crippen LogP contribution in [0, 0.1) is 0 Å². The molecule has 0 spiro atoms. The van der Waals surface area contributed by atoms with Gasteiger partial charge in [0.2, 0.25) is 0 Å². The number of nitrogens with zero attached hydrogens (tertiary/aromatic N) is 2. The minimum atomic E-state index is 0.787. The van der Waals surface area contributed by atoms with Crippen molar-refractivity contribution in [3.63, 3.8) is 0 Å². The van der Waals surface area contributed by atoms with Crippen LogP contribution in [0.5, 0.6) is 0 Å². The van der Waals surface area contributed by atoms with Crippen molar-refractivity contribution in [1.29, 1.82) is 0 Å². The summed E-state index contributed by atoms with van der Waals surface area (Å²) in [7, 11) is 1.83. The molecule has 1 aliphatic heterocycles. The van der Waals surface area contributed by atoms with Gasteiger partial charge in [-0.1, -0.05) is 5.10 Å². The Hall–Kier alpha value is -0.610. The predicted molar refractivity (Wildman–Crippen MR) is 21.9 cm³/mol. The van der Waals surface area contributed by atoms with Crippen LogP contribution in [0.25, 0.3) is 5.53 Å². The number of hydrogen-bond acceptors (Lipinski definition) is 2. The maximum atomic E-state index is 3.75. The summed E-state index contributed by atoms with van der Waals surface area (Å²) < 4.78 is 0. The highest BCUT2D eigenvalue weighted by Gasteiger charge is 1.84. The lowest BCUT2D eigenvalue weighted by Crippen LogP contribution is -2.98. The Morgan fingerprint density at radius 1 is 2.00 bits per heavy atom. The molecule has 2 N–H and O–H groups in total. The standard InChI is InChI=1S/C2H6N4/c1-6-4-2-3-5-6/h2,6H,1H3,(H,3,4). The largest absolute Gasteiger partial charge is 0.424 e. The Labute approximate surface area is 35.8 Å². The Morgan fingerprint density at radius 3 is 3.00 bits per heavy atom. The summed E-state index contributed by atoms with van der Waals surface area (Å²) in [5.74, 6) is 0. The first kappa shape index (κ1) is 3.58. The van der Waals surface area contributed by atoms with Crippen LogP contribution in [0.4, 0.5) is 0 Å². The molecule has 1 rings (SSSR count). The van der Waals surface area contributed by atoms with Crippen LogP contribution in [-0.2, 0) is 0 Å². The van der Waals surface area contributed by atoms with Gasteiger partial charge in [0.25, 0.3) is 0 Å². The van der Waals surface area contributed by atoms with Crippen molar-refractivity contribution in [2.45, 2.75) is 0 Å². The molecule has 0 fully saturated rings. The van der Waals surface area contributed by atoms with Gasteiger partial charge in [-0.2, -0.15) is 0 Å². The second-order valence-corrected chi connectivity index (χ2v) is 1.05. The lowest BCUT2D eigenvalue weighted by atomic mass is 11.4. The molecule has 0 saturated carbocycles. The summed E-state index contributed by atoms with van der Waals surface area (Å²) in [6.45, 7) is 0. The molecule has 6 heavy (non-hydrogen) atoms. The number of nitrogens with one attached hydrogen (secondary N) is 2. The van der Waals surface area contributed by atoms with Gasteiger partial charge in [-0.3, -0.25) is 5.12 Å². The fourth-order valence-corrected chi connectivity index (χ4v) is 0.273. The molecule has 1 atom stereocenters. The maximum absolute atomic E-state index is 3.75. The van der Waals surface area contributed by atoms with Crippen molar-refractivity contribution in [3.05, 3.63) is 5.53 Å². The molecule has 0 aromatic carbocycles. The van der Waals surface area contributed by atoms with E-state index in [4.69, 9.17) is 0 Å². The van der Waals surface area contributed by atoms with Gasteiger partial charge in [-0.25, -0.2) is 0 Å². The predicted octanol–water partition coefficient (Wildman–Crippen LogP) is -1.75. The van der Waals surface area contributed by atoms with E-state index in [-0.39, 0.29) is 0 Å². The lowest BCUT2D eigenvalue weighted by molar-refractivity contribution is -0.844. The molecule has 1 aliphatic rings. The van der Waals surface area contributed by atoms with Crippen LogP contribution in [0.1, 0.15) is 0 Å². The third kappa shape index (κ3) is 0.474. The summed E-state index contributed by atoms with van der Waals surface area (Å²) >= 11 is 0. The van der Waals surface area contributed by atoms with Gasteiger partial charge >= 0.3 is 0 Å². The molecule has 1 unspecified atom stereocenters. The Kier molecular flexibility index (Phi) is 0.736. The average molecular weight is 86.1 g/mol. The molecule has 0 bridgehead atoms. The van der Waals surface area contributed by atoms with E-state index in [0.717, 1.165) is 5.12 Å². The molecule has 0 aliphatic carbocycles. The van der Waals surface area contributed by atoms with E-state index in [2.05, 4.69) is 16.1 Å². The zero-order valence-electron chi connectivity index (χ0n) is 3.47. The summed E-state index contributed by atoms with van der Waals surface area (Å²) in [5.41, 5.74) is 6.25. The first-order valence-corrected chi connectivity index (χ1v) is 1.72. The molecule has 1 heterocycles. The molecule has 0 radical (unpaired) electrons. The highest BCUT2D eigenvalue weighted by Crippen LogP contribution is 1.60. The summed E-state index contributed by atoms with van der Waals surface area (Å²) in [4.78, 5) is 0. The number of quaternary nitrogens is 1. The molecule has 34 valence electrons. The van der Waals surface area contributed by atoms with E-state index < -0.39 is 0 Å². The van der Waals surface area contributed by atoms with Crippen LogP contribution in [0.2, 0.25) is 0 Å². The molecule has 0 aromatic rings. The van der Waals surface area contributed by atoms with Crippen molar-refractivity contribution in [3.8, 4) is 0 Å². The minimum absolute atomic E-state index is 0.787. The molecular formula is C2H6N4. The quantitative estimate of drug-likeness (QED) is 0.361. The maximum Gasteiger partial charge on any atom is 0.130 e. The zero-order valence-corrected chi connectivity index (χ0v) is 3.47. The Bertz CT molecular complexity index is 67.9. The zero-order chi connectivity index (χ0) is 4.41. The van der Waals surface area contributed by atoms with Gasteiger partial charge < -0.3 is 11.0 Å². The van der Waals surface area contributed by atoms with Crippen molar-refractivity contribution < 1.29 is 5.12 Å². The van der Waals surface area contributed by atoms with E-state index in [1.54, 1.807) is 6.34 Å². The topological polar surface area (TPSA) is 42.9 Å². The molecule has 4 nitrogen and oxygen atoms in total. The fourth-order valence-electron chi connectivity index (χ4n) is 0.273. The summed E-state index contributed by atoms with van der Waals surface area (Å²) in [6, 6.07) is 0. The van der Waals surface area contributed by atoms with Crippen LogP contribution < -0.4 is 10.5 Å². The number of rotatable bonds is 0. The van der Waals surface area contributed by atoms with Gasteiger partial charge in [-0.05, 0) is 0 Å². The van der Waals surface area contributed by atoms with E-state index in [1.807, 2.05) is 7.05 Å². The average Bonchev–Trinajstić information content (AvgIpc) is 1.86. The van der Waals surface area contributed by atoms with Crippen LogP contribution in [0.3, 0.4) is 0 Å². The van der Waals surface area contributed by atoms with Gasteiger partial charge in [-0.15, -0.1) is 0 Å². The van der Waals surface area contributed by atoms with Crippen LogP contribution >= 0.6 is 0 Å². The third-order valence-electron chi connectivity index (χ3n) is 0.535. The highest BCUT2D eigenvalue weighted by molar-refractivity contribution is 5.55. The molecule has 0 saturated heterocycles. The van der Waals surface area contributed by atoms with E-state index >= 15 is 0 Å². The van der Waals surface area contributed by atoms with E-state index in [0.29, 0.717) is 0 Å². The van der Waals surface area contributed by atoms with Crippen LogP contribution in [0.15, 0.2) is 5.10 Å². The lowest BCUT2D eigenvalue weighted by Gasteiger charge is -2.10. The second kappa shape index (κ2) is 1.24. The summed E-state index contributed by atoms with van der Waals surface area (Å²) in [6.07, 6.45) is 1.55. The van der Waals surface area contributed by atoms with Crippen molar-refractivity contribution >= 4 is 6.34 Å². The second-order valence-electron chi connectivity index (χ2n) is 1.05. The van der Waals surface area contributed by atoms with Gasteiger partial charge in [0.05, 0.1) is 7.05 Å². The molecule has 0 amide bonds. The smallest absolute Gasteiger partial charge is 0.130 e. The molecule has 4 heteroatoms. The SMILES string of the molecule is C[NH+]1N=CN[N-]1. The van der Waals surface area contributed by atoms with Crippen molar-refractivity contribution in [2.75, 3.05) is 7.05 Å². The summed E-state index contributed by atoms with van der Waals surface area (Å²) in [5, 5.41) is 4.54. The van der Waals surface area contributed by atoms with Gasteiger partial charge in [0.1, 0.15) is 6.34 Å². The van der Waals surface area contributed by atoms with E-state index in [1.165, 1.54) is 0 Å². The molecular weight excluding hydrogens is 80.1 g/mol. The van der Waals surface area contributed by atoms with Crippen molar-refractivity contribution in [1.82, 2.24) is 5.43 Å². The normalized spacial score (nSPS) is 30.5. The van der Waals surface area contributed by atoms with E-state index in [9.17, 15) is 0 Å². The third-order valence-corrected chi connectivity index (χ3v) is 0.535. The Balaban J connectivity index is 2.38. The van der Waals surface area contributed by atoms with Crippen LogP contribution in [-0.4, -0.2) is 13.4 Å². The molecule has 0 aromatic heterocycles. The Morgan fingerprint density at radius 2 is 2.83 bits per heavy atom. The minimum Gasteiger partial charge on any atom is -0.424 e. The monoisotopic (exact) mass is 86.1 g/mol. The van der Waals surface area contributed by atoms with Gasteiger partial charge in [0, 0.05) is 0 Å². The fraction of sp³-hybridized carbons (Fsp3) is 0.500. The first-order chi connectivity index (χ1) is 2.89. The first-order valence-electron chi connectivity index (χ1n) is 1.72. The van der Waals surface area contributed by atoms with Gasteiger partial charge in [0.15, 0.2) is 0 Å². The highest BCUT2D eigenvalue weighted by atomic mass is 15.8. The van der Waals surface area contributed by atoms with Crippen molar-refractivity contribution in [2.24, 2.45) is 5.10 Å².